The number of halogens is 1. The van der Waals surface area contributed by atoms with E-state index >= 15 is 0 Å². The van der Waals surface area contributed by atoms with Gasteiger partial charge in [0.25, 0.3) is 0 Å². The molecule has 34 heavy (non-hydrogen) atoms. The van der Waals surface area contributed by atoms with Crippen LogP contribution in [0.1, 0.15) is 17.5 Å². The lowest BCUT2D eigenvalue weighted by Gasteiger charge is -2.13. The first-order valence-corrected chi connectivity index (χ1v) is 12.3. The van der Waals surface area contributed by atoms with Crippen LogP contribution < -0.4 is 14.8 Å². The van der Waals surface area contributed by atoms with Crippen LogP contribution in [0.25, 0.3) is 5.69 Å². The first kappa shape index (κ1) is 24.1. The van der Waals surface area contributed by atoms with Gasteiger partial charge in [0.1, 0.15) is 6.61 Å². The molecule has 176 valence electrons. The summed E-state index contributed by atoms with van der Waals surface area (Å²) in [7, 11) is 1.65. The predicted octanol–water partition coefficient (Wildman–Crippen LogP) is 5.18. The smallest absolute Gasteiger partial charge is 0.214 e. The Labute approximate surface area is 208 Å². The highest BCUT2D eigenvalue weighted by Crippen LogP contribution is 2.29. The van der Waals surface area contributed by atoms with Crippen LogP contribution in [-0.4, -0.2) is 39.6 Å². The van der Waals surface area contributed by atoms with Crippen LogP contribution in [0, 0.1) is 0 Å². The molecule has 0 aliphatic rings. The topological polar surface area (TPSA) is 74.1 Å². The fourth-order valence-corrected chi connectivity index (χ4v) is 4.23. The second-order valence-electron chi connectivity index (χ2n) is 7.49. The number of rotatable bonds is 12. The minimum Gasteiger partial charge on any atom is -0.493 e. The second kappa shape index (κ2) is 12.4. The molecule has 0 bridgehead atoms. The molecule has 0 atom stereocenters. The van der Waals surface area contributed by atoms with E-state index in [0.29, 0.717) is 17.4 Å². The molecule has 4 aromatic rings. The van der Waals surface area contributed by atoms with Gasteiger partial charge in [-0.3, -0.25) is 0 Å². The minimum atomic E-state index is 0.455. The highest BCUT2D eigenvalue weighted by molar-refractivity contribution is 7.99. The lowest BCUT2D eigenvalue weighted by atomic mass is 10.2. The van der Waals surface area contributed by atoms with Crippen molar-refractivity contribution in [2.75, 3.05) is 19.4 Å². The first-order chi connectivity index (χ1) is 16.7. The summed E-state index contributed by atoms with van der Waals surface area (Å²) in [5.41, 5.74) is 3.15. The van der Waals surface area contributed by atoms with Crippen LogP contribution in [-0.2, 0) is 13.2 Å². The molecule has 0 unspecified atom stereocenters. The van der Waals surface area contributed by atoms with Gasteiger partial charge in [-0.25, -0.2) is 0 Å². The Bertz CT molecular complexity index is 1170. The summed E-state index contributed by atoms with van der Waals surface area (Å²) in [4.78, 5) is 0. The van der Waals surface area contributed by atoms with E-state index in [1.54, 1.807) is 23.6 Å². The fraction of sp³-hybridized carbons (Fsp3) is 0.240. The molecule has 0 radical (unpaired) electrons. The number of hydrogen-bond donors (Lipinski definition) is 1. The van der Waals surface area contributed by atoms with Gasteiger partial charge in [0.15, 0.2) is 11.5 Å². The van der Waals surface area contributed by atoms with E-state index < -0.39 is 0 Å². The van der Waals surface area contributed by atoms with E-state index in [1.807, 2.05) is 66.7 Å². The summed E-state index contributed by atoms with van der Waals surface area (Å²) < 4.78 is 13.2. The van der Waals surface area contributed by atoms with Crippen LogP contribution in [0.3, 0.4) is 0 Å². The lowest BCUT2D eigenvalue weighted by molar-refractivity contribution is 0.284. The van der Waals surface area contributed by atoms with E-state index in [0.717, 1.165) is 53.0 Å². The molecule has 1 aromatic heterocycles. The van der Waals surface area contributed by atoms with Gasteiger partial charge in [-0.2, -0.15) is 4.68 Å². The average Bonchev–Trinajstić information content (AvgIpc) is 3.35. The van der Waals surface area contributed by atoms with Gasteiger partial charge < -0.3 is 14.8 Å². The SMILES string of the molecule is COc1cc(CNCCCSc2nnnn2-c2ccccc2)ccc1OCc1ccc(Cl)cc1. The number of para-hydroxylation sites is 1. The number of tetrazole rings is 1. The first-order valence-electron chi connectivity index (χ1n) is 10.9. The van der Waals surface area contributed by atoms with Crippen LogP contribution >= 0.6 is 23.4 Å². The molecule has 7 nitrogen and oxygen atoms in total. The van der Waals surface area contributed by atoms with E-state index in [2.05, 4.69) is 26.9 Å². The quantitative estimate of drug-likeness (QED) is 0.214. The van der Waals surface area contributed by atoms with E-state index in [-0.39, 0.29) is 0 Å². The Morgan fingerprint density at radius 3 is 2.56 bits per heavy atom. The lowest BCUT2D eigenvalue weighted by Crippen LogP contribution is -2.15. The number of nitrogens with one attached hydrogen (secondary N) is 1. The number of thioether (sulfide) groups is 1. The molecule has 0 aliphatic carbocycles. The van der Waals surface area contributed by atoms with Gasteiger partial charge in [-0.1, -0.05) is 59.8 Å². The maximum atomic E-state index is 5.94. The Hall–Kier alpha value is -3.07. The van der Waals surface area contributed by atoms with Crippen LogP contribution in [0.15, 0.2) is 78.0 Å². The summed E-state index contributed by atoms with van der Waals surface area (Å²) in [5.74, 6) is 2.35. The van der Waals surface area contributed by atoms with Crippen LogP contribution in [0.4, 0.5) is 0 Å². The fourth-order valence-electron chi connectivity index (χ4n) is 3.28. The largest absolute Gasteiger partial charge is 0.493 e. The van der Waals surface area contributed by atoms with Crippen molar-refractivity contribution < 1.29 is 9.47 Å². The Morgan fingerprint density at radius 2 is 1.76 bits per heavy atom. The van der Waals surface area contributed by atoms with Crippen molar-refractivity contribution in [1.82, 2.24) is 25.5 Å². The molecule has 1 N–H and O–H groups in total. The number of benzene rings is 3. The third-order valence-corrected chi connectivity index (χ3v) is 6.29. The Balaban J connectivity index is 1.20. The van der Waals surface area contributed by atoms with E-state index in [1.165, 1.54) is 0 Å². The van der Waals surface area contributed by atoms with E-state index in [4.69, 9.17) is 21.1 Å². The van der Waals surface area contributed by atoms with Crippen molar-refractivity contribution in [3.05, 3.63) is 88.9 Å². The summed E-state index contributed by atoms with van der Waals surface area (Å²) in [6, 6.07) is 23.5. The molecule has 9 heteroatoms. The van der Waals surface area contributed by atoms with Gasteiger partial charge in [0.2, 0.25) is 5.16 Å². The summed E-state index contributed by atoms with van der Waals surface area (Å²) in [6.07, 6.45) is 0.992. The minimum absolute atomic E-state index is 0.455. The third-order valence-electron chi connectivity index (χ3n) is 5.04. The number of ether oxygens (including phenoxy) is 2. The molecule has 0 spiro atoms. The number of nitrogens with zero attached hydrogens (tertiary/aromatic N) is 4. The number of aromatic nitrogens is 4. The number of methoxy groups -OCH3 is 1. The molecule has 3 aromatic carbocycles. The Morgan fingerprint density at radius 1 is 0.971 bits per heavy atom. The molecule has 0 saturated heterocycles. The molecule has 0 saturated carbocycles. The van der Waals surface area contributed by atoms with Crippen molar-refractivity contribution in [1.29, 1.82) is 0 Å². The average molecular weight is 496 g/mol. The molecular weight excluding hydrogens is 470 g/mol. The molecule has 4 rings (SSSR count). The maximum absolute atomic E-state index is 5.94. The predicted molar refractivity (Wildman–Crippen MR) is 135 cm³/mol. The van der Waals surface area contributed by atoms with Gasteiger partial charge in [0, 0.05) is 17.3 Å². The maximum Gasteiger partial charge on any atom is 0.214 e. The van der Waals surface area contributed by atoms with Crippen LogP contribution in [0.2, 0.25) is 5.02 Å². The third kappa shape index (κ3) is 6.72. The van der Waals surface area contributed by atoms with Crippen molar-refractivity contribution in [2.24, 2.45) is 0 Å². The molecule has 0 aliphatic heterocycles. The molecule has 1 heterocycles. The molecule has 0 amide bonds. The van der Waals surface area contributed by atoms with Gasteiger partial charge in [-0.05, 0) is 70.9 Å². The normalized spacial score (nSPS) is 10.9. The molecule has 0 fully saturated rings. The monoisotopic (exact) mass is 495 g/mol. The zero-order chi connectivity index (χ0) is 23.6. The number of hydrogen-bond acceptors (Lipinski definition) is 7. The standard InChI is InChI=1S/C25H26ClN5O2S/c1-32-24-16-20(10-13-23(24)33-18-19-8-11-21(26)12-9-19)17-27-14-5-15-34-25-28-29-30-31(25)22-6-3-2-4-7-22/h2-4,6-13,16,27H,5,14-15,17-18H2,1H3. The van der Waals surface area contributed by atoms with Crippen molar-refractivity contribution in [3.8, 4) is 17.2 Å². The summed E-state index contributed by atoms with van der Waals surface area (Å²) in [5, 5.41) is 17.0. The highest BCUT2D eigenvalue weighted by Gasteiger charge is 2.09. The Kier molecular flexibility index (Phi) is 8.78. The van der Waals surface area contributed by atoms with Crippen molar-refractivity contribution in [3.63, 3.8) is 0 Å². The van der Waals surface area contributed by atoms with Gasteiger partial charge in [-0.15, -0.1) is 5.10 Å². The second-order valence-corrected chi connectivity index (χ2v) is 8.99. The van der Waals surface area contributed by atoms with Crippen LogP contribution in [0.5, 0.6) is 11.5 Å². The molecular formula is C25H26ClN5O2S. The zero-order valence-electron chi connectivity index (χ0n) is 18.9. The summed E-state index contributed by atoms with van der Waals surface area (Å²) in [6.45, 7) is 2.09. The van der Waals surface area contributed by atoms with Crippen molar-refractivity contribution in [2.45, 2.75) is 24.7 Å². The highest BCUT2D eigenvalue weighted by atomic mass is 35.5. The van der Waals surface area contributed by atoms with Gasteiger partial charge in [0.05, 0.1) is 12.8 Å². The zero-order valence-corrected chi connectivity index (χ0v) is 20.4. The summed E-state index contributed by atoms with van der Waals surface area (Å²) >= 11 is 7.59. The van der Waals surface area contributed by atoms with E-state index in [9.17, 15) is 0 Å². The van der Waals surface area contributed by atoms with Gasteiger partial charge >= 0.3 is 0 Å². The van der Waals surface area contributed by atoms with Crippen molar-refractivity contribution >= 4 is 23.4 Å².